The molecule has 1 aromatic carbocycles. The van der Waals surface area contributed by atoms with Crippen molar-refractivity contribution in [3.05, 3.63) is 46.8 Å². The first-order valence-electron chi connectivity index (χ1n) is 7.14. The van der Waals surface area contributed by atoms with Crippen LogP contribution in [0.25, 0.3) is 17.0 Å². The number of nitrogens with one attached hydrogen (secondary N) is 1. The molecule has 3 aromatic rings. The van der Waals surface area contributed by atoms with Gasteiger partial charge in [-0.15, -0.1) is 5.10 Å². The van der Waals surface area contributed by atoms with E-state index in [1.54, 1.807) is 6.08 Å². The van der Waals surface area contributed by atoms with Gasteiger partial charge in [-0.2, -0.15) is 0 Å². The van der Waals surface area contributed by atoms with E-state index in [4.69, 9.17) is 0 Å². The van der Waals surface area contributed by atoms with Crippen molar-refractivity contribution in [2.75, 3.05) is 0 Å². The largest absolute Gasteiger partial charge is 0.544 e. The van der Waals surface area contributed by atoms with E-state index in [0.717, 1.165) is 34.1 Å². The van der Waals surface area contributed by atoms with Crippen molar-refractivity contribution in [3.63, 3.8) is 0 Å². The predicted molar refractivity (Wildman–Crippen MR) is 87.5 cm³/mol. The van der Waals surface area contributed by atoms with Crippen molar-refractivity contribution in [2.24, 2.45) is 7.05 Å². The summed E-state index contributed by atoms with van der Waals surface area (Å²) in [5.41, 5.74) is 1.86. The fraction of sp³-hybridized carbons (Fsp3) is 0.188. The maximum atomic E-state index is 11.5. The summed E-state index contributed by atoms with van der Waals surface area (Å²) < 4.78 is 1.96. The highest BCUT2D eigenvalue weighted by Crippen LogP contribution is 2.28. The van der Waals surface area contributed by atoms with Gasteiger partial charge in [0.15, 0.2) is 0 Å². The maximum Gasteiger partial charge on any atom is 0.213 e. The van der Waals surface area contributed by atoms with Crippen LogP contribution in [0.15, 0.2) is 40.5 Å². The number of carbonyl (C=O) groups is 1. The van der Waals surface area contributed by atoms with Gasteiger partial charge in [0.1, 0.15) is 5.82 Å². The number of H-pyrrole nitrogens is 1. The third-order valence-corrected chi connectivity index (χ3v) is 4.33. The summed E-state index contributed by atoms with van der Waals surface area (Å²) in [6.07, 6.45) is 4.20. The number of aliphatic carboxylic acids is 1. The molecule has 0 aliphatic carbocycles. The van der Waals surface area contributed by atoms with E-state index < -0.39 is 5.97 Å². The van der Waals surface area contributed by atoms with Gasteiger partial charge >= 0.3 is 0 Å². The summed E-state index contributed by atoms with van der Waals surface area (Å²) in [4.78, 5) is 15.7. The maximum absolute atomic E-state index is 11.5. The van der Waals surface area contributed by atoms with Gasteiger partial charge in [-0.05, 0) is 23.9 Å². The van der Waals surface area contributed by atoms with Crippen molar-refractivity contribution < 1.29 is 9.90 Å². The minimum atomic E-state index is -1.24. The molecule has 2 heterocycles. The lowest BCUT2D eigenvalue weighted by molar-refractivity contribution is -0.297. The van der Waals surface area contributed by atoms with E-state index in [1.165, 1.54) is 0 Å². The molecule has 0 unspecified atom stereocenters. The first-order valence-corrected chi connectivity index (χ1v) is 7.96. The number of aromatic amines is 1. The molecule has 2 aromatic heterocycles. The molecule has 0 aliphatic heterocycles. The number of carboxylic acid groups (broad SMARTS) is 1. The van der Waals surface area contributed by atoms with Crippen molar-refractivity contribution >= 4 is 34.7 Å². The summed E-state index contributed by atoms with van der Waals surface area (Å²) in [6, 6.07) is 7.82. The van der Waals surface area contributed by atoms with E-state index in [-0.39, 0.29) is 4.91 Å². The van der Waals surface area contributed by atoms with Gasteiger partial charge in [-0.25, -0.2) is 4.98 Å². The Balaban J connectivity index is 1.99. The SMILES string of the molecule is CCc1nc(S/C(=C/c2cn(C)c3ccccc23)C(=O)[O-])n[nH]1. The monoisotopic (exact) mass is 327 g/mol. The molecular weight excluding hydrogens is 312 g/mol. The third kappa shape index (κ3) is 3.14. The Morgan fingerprint density at radius 1 is 1.43 bits per heavy atom. The van der Waals surface area contributed by atoms with Crippen LogP contribution in [-0.4, -0.2) is 25.7 Å². The number of aromatic nitrogens is 4. The van der Waals surface area contributed by atoms with Crippen LogP contribution in [0.4, 0.5) is 0 Å². The van der Waals surface area contributed by atoms with Crippen LogP contribution in [0.1, 0.15) is 18.3 Å². The quantitative estimate of drug-likeness (QED) is 0.570. The molecular formula is C16H15N4O2S-. The van der Waals surface area contributed by atoms with Gasteiger partial charge < -0.3 is 14.5 Å². The lowest BCUT2D eigenvalue weighted by Crippen LogP contribution is -2.23. The van der Waals surface area contributed by atoms with Crippen LogP contribution in [0, 0.1) is 0 Å². The average Bonchev–Trinajstić information content (AvgIpc) is 3.12. The number of carbonyl (C=O) groups excluding carboxylic acids is 1. The van der Waals surface area contributed by atoms with Gasteiger partial charge in [0, 0.05) is 41.0 Å². The Morgan fingerprint density at radius 3 is 2.91 bits per heavy atom. The summed E-state index contributed by atoms with van der Waals surface area (Å²) in [7, 11) is 1.92. The molecule has 0 radical (unpaired) electrons. The van der Waals surface area contributed by atoms with Crippen LogP contribution in [0.3, 0.4) is 0 Å². The smallest absolute Gasteiger partial charge is 0.213 e. The zero-order chi connectivity index (χ0) is 16.4. The Morgan fingerprint density at radius 2 is 2.22 bits per heavy atom. The number of hydrogen-bond donors (Lipinski definition) is 1. The molecule has 0 spiro atoms. The summed E-state index contributed by atoms with van der Waals surface area (Å²) in [5, 5.41) is 19.6. The summed E-state index contributed by atoms with van der Waals surface area (Å²) in [5.74, 6) is -0.527. The van der Waals surface area contributed by atoms with E-state index in [0.29, 0.717) is 11.6 Å². The van der Waals surface area contributed by atoms with Gasteiger partial charge in [0.25, 0.3) is 0 Å². The number of aryl methyl sites for hydroxylation is 2. The van der Waals surface area contributed by atoms with Crippen molar-refractivity contribution in [3.8, 4) is 0 Å². The zero-order valence-electron chi connectivity index (χ0n) is 12.7. The number of benzene rings is 1. The highest BCUT2D eigenvalue weighted by molar-refractivity contribution is 8.04. The van der Waals surface area contributed by atoms with Crippen LogP contribution in [0.5, 0.6) is 0 Å². The molecule has 7 heteroatoms. The van der Waals surface area contributed by atoms with Crippen molar-refractivity contribution in [1.29, 1.82) is 0 Å². The highest BCUT2D eigenvalue weighted by atomic mass is 32.2. The van der Waals surface area contributed by atoms with Gasteiger partial charge in [0.05, 0.1) is 5.97 Å². The zero-order valence-corrected chi connectivity index (χ0v) is 13.6. The Hall–Kier alpha value is -2.54. The minimum Gasteiger partial charge on any atom is -0.544 e. The van der Waals surface area contributed by atoms with Crippen molar-refractivity contribution in [1.82, 2.24) is 19.7 Å². The van der Waals surface area contributed by atoms with E-state index in [2.05, 4.69) is 15.2 Å². The highest BCUT2D eigenvalue weighted by Gasteiger charge is 2.10. The van der Waals surface area contributed by atoms with Crippen LogP contribution in [-0.2, 0) is 18.3 Å². The minimum absolute atomic E-state index is 0.0722. The number of para-hydroxylation sites is 1. The van der Waals surface area contributed by atoms with Gasteiger partial charge in [-0.3, -0.25) is 5.10 Å². The first kappa shape index (κ1) is 15.4. The number of carboxylic acids is 1. The lowest BCUT2D eigenvalue weighted by atomic mass is 10.1. The number of hydrogen-bond acceptors (Lipinski definition) is 5. The second-order valence-corrected chi connectivity index (χ2v) is 6.04. The Kier molecular flexibility index (Phi) is 4.20. The van der Waals surface area contributed by atoms with Gasteiger partial charge in [0.2, 0.25) is 5.16 Å². The predicted octanol–water partition coefficient (Wildman–Crippen LogP) is 1.74. The molecule has 0 aliphatic rings. The fourth-order valence-electron chi connectivity index (χ4n) is 2.34. The van der Waals surface area contributed by atoms with Crippen LogP contribution < -0.4 is 5.11 Å². The Bertz CT molecular complexity index is 895. The molecule has 0 saturated heterocycles. The molecule has 1 N–H and O–H groups in total. The van der Waals surface area contributed by atoms with E-state index in [1.807, 2.05) is 49.0 Å². The molecule has 0 fully saturated rings. The molecule has 0 atom stereocenters. The van der Waals surface area contributed by atoms with Gasteiger partial charge in [-0.1, -0.05) is 25.1 Å². The average molecular weight is 327 g/mol. The number of nitrogens with zero attached hydrogens (tertiary/aromatic N) is 3. The topological polar surface area (TPSA) is 86.6 Å². The lowest BCUT2D eigenvalue weighted by Gasteiger charge is -2.05. The van der Waals surface area contributed by atoms with E-state index >= 15 is 0 Å². The summed E-state index contributed by atoms with van der Waals surface area (Å²) >= 11 is 0.982. The molecule has 0 bridgehead atoms. The molecule has 6 nitrogen and oxygen atoms in total. The fourth-order valence-corrected chi connectivity index (χ4v) is 3.05. The molecule has 3 rings (SSSR count). The number of fused-ring (bicyclic) bond motifs is 1. The second-order valence-electron chi connectivity index (χ2n) is 5.03. The second kappa shape index (κ2) is 6.29. The third-order valence-electron chi connectivity index (χ3n) is 3.46. The van der Waals surface area contributed by atoms with Crippen LogP contribution in [0.2, 0.25) is 0 Å². The molecule has 118 valence electrons. The molecule has 0 saturated carbocycles. The van der Waals surface area contributed by atoms with E-state index in [9.17, 15) is 9.90 Å². The standard InChI is InChI=1S/C16H16N4O2S/c1-3-14-17-16(19-18-14)23-13(15(21)22)8-10-9-20(2)12-7-5-4-6-11(10)12/h4-9H,3H2,1-2H3,(H,21,22)(H,17,18,19)/p-1/b13-8+. The number of rotatable bonds is 5. The molecule has 0 amide bonds. The van der Waals surface area contributed by atoms with Crippen LogP contribution >= 0.6 is 11.8 Å². The normalized spacial score (nSPS) is 12.0. The summed E-state index contributed by atoms with van der Waals surface area (Å²) in [6.45, 7) is 1.95. The number of thioether (sulfide) groups is 1. The first-order chi connectivity index (χ1) is 11.1. The molecule has 23 heavy (non-hydrogen) atoms. The Labute approximate surface area is 137 Å². The van der Waals surface area contributed by atoms with Crippen molar-refractivity contribution in [2.45, 2.75) is 18.5 Å².